The lowest BCUT2D eigenvalue weighted by Gasteiger charge is -2.27. The van der Waals surface area contributed by atoms with Crippen LogP contribution in [0.5, 0.6) is 0 Å². The molecule has 2 aliphatic rings. The van der Waals surface area contributed by atoms with Crippen LogP contribution in [0.25, 0.3) is 0 Å². The Morgan fingerprint density at radius 1 is 1.36 bits per heavy atom. The van der Waals surface area contributed by atoms with Crippen molar-refractivity contribution in [1.29, 1.82) is 0 Å². The van der Waals surface area contributed by atoms with E-state index in [4.69, 9.17) is 0 Å². The first kappa shape index (κ1) is 16.2. The number of amides is 1. The number of aryl methyl sites for hydroxylation is 1. The fourth-order valence-electron chi connectivity index (χ4n) is 3.22. The predicted molar refractivity (Wildman–Crippen MR) is 107 cm³/mol. The maximum absolute atomic E-state index is 11.8. The van der Waals surface area contributed by atoms with Gasteiger partial charge in [-0.25, -0.2) is 0 Å². The van der Waals surface area contributed by atoms with E-state index < -0.39 is 21.3 Å². The van der Waals surface area contributed by atoms with Crippen molar-refractivity contribution in [2.45, 2.75) is 19.9 Å². The van der Waals surface area contributed by atoms with Gasteiger partial charge in [0.25, 0.3) is 0 Å². The normalized spacial score (nSPS) is 15.9. The first-order valence-electron chi connectivity index (χ1n) is 8.08. The molecule has 1 amide bonds. The Kier molecular flexibility index (Phi) is 4.28. The number of carbonyl (C=O) groups is 1. The van der Waals surface area contributed by atoms with E-state index in [9.17, 15) is 4.79 Å². The number of nitrogens with zero attached hydrogens (tertiary/aromatic N) is 5. The van der Waals surface area contributed by atoms with E-state index in [0.29, 0.717) is 6.54 Å². The van der Waals surface area contributed by atoms with Crippen LogP contribution in [0.1, 0.15) is 18.2 Å². The zero-order chi connectivity index (χ0) is 17.4. The third-order valence-electron chi connectivity index (χ3n) is 4.48. The number of benzene rings is 1. The fraction of sp³-hybridized carbons (Fsp3) is 0.294. The largest absolute Gasteiger partial charge is 0.354 e. The fourth-order valence-corrected chi connectivity index (χ4v) is 4.45. The molecule has 1 N–H and O–H groups in total. The van der Waals surface area contributed by atoms with Gasteiger partial charge in [-0.15, -0.1) is 5.10 Å². The van der Waals surface area contributed by atoms with Gasteiger partial charge in [-0.05, 0) is 18.2 Å². The van der Waals surface area contributed by atoms with E-state index in [1.807, 2.05) is 26.3 Å². The molecule has 25 heavy (non-hydrogen) atoms. The molecular formula is C17H19IN6O. The van der Waals surface area contributed by atoms with Gasteiger partial charge in [-0.1, -0.05) is 6.07 Å². The molecule has 4 rings (SSSR count). The molecular weight excluding hydrogens is 431 g/mol. The second-order valence-corrected chi connectivity index (χ2v) is 8.01. The highest BCUT2D eigenvalue weighted by atomic mass is 127. The van der Waals surface area contributed by atoms with Crippen molar-refractivity contribution >= 4 is 50.6 Å². The number of aromatic nitrogens is 1. The van der Waals surface area contributed by atoms with Crippen LogP contribution in [0.3, 0.4) is 0 Å². The first-order chi connectivity index (χ1) is 12.1. The van der Waals surface area contributed by atoms with Crippen LogP contribution >= 0.6 is 21.3 Å². The molecule has 7 nitrogen and oxygen atoms in total. The lowest BCUT2D eigenvalue weighted by Crippen LogP contribution is -2.34. The van der Waals surface area contributed by atoms with Gasteiger partial charge in [0.2, 0.25) is 5.91 Å². The van der Waals surface area contributed by atoms with Gasteiger partial charge < -0.3 is 14.8 Å². The van der Waals surface area contributed by atoms with E-state index in [1.165, 1.54) is 11.3 Å². The topological polar surface area (TPSA) is 65.2 Å². The minimum atomic E-state index is -0.434. The number of nitrogens with one attached hydrogen (secondary N) is 1. The Labute approximate surface area is 156 Å². The van der Waals surface area contributed by atoms with Gasteiger partial charge in [0.15, 0.2) is 0 Å². The van der Waals surface area contributed by atoms with Crippen LogP contribution in [-0.4, -0.2) is 28.3 Å². The number of hydrazone groups is 1. The summed E-state index contributed by atoms with van der Waals surface area (Å²) in [5.74, 6) is 0.127. The van der Waals surface area contributed by atoms with Gasteiger partial charge in [0.05, 0.1) is 11.4 Å². The van der Waals surface area contributed by atoms with E-state index in [-0.39, 0.29) is 5.91 Å². The summed E-state index contributed by atoms with van der Waals surface area (Å²) in [4.78, 5) is 13.6. The highest BCUT2D eigenvalue weighted by Gasteiger charge is 2.24. The monoisotopic (exact) mass is 450 g/mol. The molecule has 130 valence electrons. The molecule has 2 aliphatic heterocycles. The second kappa shape index (κ2) is 6.58. The van der Waals surface area contributed by atoms with Crippen LogP contribution in [0.15, 0.2) is 38.7 Å². The van der Waals surface area contributed by atoms with E-state index in [1.54, 1.807) is 13.3 Å². The van der Waals surface area contributed by atoms with E-state index >= 15 is 0 Å². The summed E-state index contributed by atoms with van der Waals surface area (Å²) in [5.41, 5.74) is 5.62. The van der Waals surface area contributed by atoms with Gasteiger partial charge in [0.1, 0.15) is 27.6 Å². The predicted octanol–water partition coefficient (Wildman–Crippen LogP) is 3.51. The molecule has 0 atom stereocenters. The maximum Gasteiger partial charge on any atom is 0.219 e. The Balaban J connectivity index is 1.62. The molecule has 0 radical (unpaired) electrons. The highest BCUT2D eigenvalue weighted by molar-refractivity contribution is 14.2. The van der Waals surface area contributed by atoms with Crippen molar-refractivity contribution in [3.05, 3.63) is 41.7 Å². The average molecular weight is 450 g/mol. The number of fused-ring (bicyclic) bond motifs is 1. The van der Waals surface area contributed by atoms with Gasteiger partial charge >= 0.3 is 0 Å². The number of rotatable bonds is 3. The minimum absolute atomic E-state index is 0.127. The van der Waals surface area contributed by atoms with Crippen LogP contribution in [0.2, 0.25) is 0 Å². The SMILES string of the molecule is CC(=O)N1CCc2c(c(Nc3cccc(N4N=CN=I4)c3)cn2C)C1. The van der Waals surface area contributed by atoms with Crippen molar-refractivity contribution in [1.82, 2.24) is 9.47 Å². The van der Waals surface area contributed by atoms with Crippen LogP contribution < -0.4 is 8.54 Å². The average Bonchev–Trinajstić information content (AvgIpc) is 3.24. The highest BCUT2D eigenvalue weighted by Crippen LogP contribution is 2.33. The van der Waals surface area contributed by atoms with E-state index in [2.05, 4.69) is 37.4 Å². The number of anilines is 3. The molecule has 0 saturated carbocycles. The summed E-state index contributed by atoms with van der Waals surface area (Å²) in [6.07, 6.45) is 4.62. The summed E-state index contributed by atoms with van der Waals surface area (Å²) in [5, 5.41) is 7.79. The molecule has 0 saturated heterocycles. The summed E-state index contributed by atoms with van der Waals surface area (Å²) in [6.45, 7) is 3.08. The Hall–Kier alpha value is -2.23. The van der Waals surface area contributed by atoms with Crippen LogP contribution in [-0.2, 0) is 24.8 Å². The smallest absolute Gasteiger partial charge is 0.219 e. The zero-order valence-corrected chi connectivity index (χ0v) is 16.3. The lowest BCUT2D eigenvalue weighted by molar-refractivity contribution is -0.129. The minimum Gasteiger partial charge on any atom is -0.354 e. The van der Waals surface area contributed by atoms with Crippen LogP contribution in [0.4, 0.5) is 17.1 Å². The molecule has 0 bridgehead atoms. The summed E-state index contributed by atoms with van der Waals surface area (Å²) in [6, 6.07) is 8.19. The second-order valence-electron chi connectivity index (χ2n) is 6.11. The van der Waals surface area contributed by atoms with Gasteiger partial charge in [-0.3, -0.25) is 4.79 Å². The Bertz CT molecular complexity index is 875. The summed E-state index contributed by atoms with van der Waals surface area (Å²) >= 11 is -0.434. The standard InChI is InChI=1S/C17H19IN6O/c1-12(25)23-7-6-17-15(9-23)16(10-22(17)2)21-13-4-3-5-14(8-13)24-18-19-11-20-24/h3-5,8,10-11,21H,6-7,9H2,1-2H3. The number of halogens is 1. The lowest BCUT2D eigenvalue weighted by atomic mass is 10.1. The maximum atomic E-state index is 11.8. The Morgan fingerprint density at radius 3 is 3.00 bits per heavy atom. The van der Waals surface area contributed by atoms with Gasteiger partial charge in [0, 0.05) is 56.6 Å². The molecule has 8 heteroatoms. The molecule has 0 fully saturated rings. The Morgan fingerprint density at radius 2 is 2.24 bits per heavy atom. The first-order valence-corrected chi connectivity index (χ1v) is 10.0. The van der Waals surface area contributed by atoms with E-state index in [0.717, 1.165) is 30.0 Å². The summed E-state index contributed by atoms with van der Waals surface area (Å²) in [7, 11) is 2.06. The number of carbonyl (C=O) groups excluding carboxylic acids is 1. The molecule has 0 spiro atoms. The third-order valence-corrected chi connectivity index (χ3v) is 6.20. The van der Waals surface area contributed by atoms with Crippen molar-refractivity contribution in [3.8, 4) is 0 Å². The summed E-state index contributed by atoms with van der Waals surface area (Å²) < 4.78 is 8.34. The number of hydrogen-bond acceptors (Lipinski definition) is 5. The molecule has 1 aromatic heterocycles. The molecule has 3 heterocycles. The zero-order valence-electron chi connectivity index (χ0n) is 14.1. The number of hydrogen-bond donors (Lipinski definition) is 1. The molecule has 0 aliphatic carbocycles. The van der Waals surface area contributed by atoms with Crippen molar-refractivity contribution < 1.29 is 4.79 Å². The molecule has 2 aromatic rings. The van der Waals surface area contributed by atoms with Crippen LogP contribution in [0, 0.1) is 0 Å². The quantitative estimate of drug-likeness (QED) is 0.575. The van der Waals surface area contributed by atoms with Gasteiger partial charge in [-0.2, -0.15) is 6.37 Å². The molecule has 1 aromatic carbocycles. The van der Waals surface area contributed by atoms with Crippen molar-refractivity contribution in [3.63, 3.8) is 0 Å². The molecule has 0 unspecified atom stereocenters. The van der Waals surface area contributed by atoms with Crippen molar-refractivity contribution in [2.75, 3.05) is 15.1 Å². The third kappa shape index (κ3) is 3.17. The van der Waals surface area contributed by atoms with Crippen molar-refractivity contribution in [2.24, 2.45) is 15.3 Å².